The summed E-state index contributed by atoms with van der Waals surface area (Å²) < 4.78 is 1.04. The van der Waals surface area contributed by atoms with Gasteiger partial charge in [-0.05, 0) is 56.3 Å². The third-order valence-electron chi connectivity index (χ3n) is 4.91. The molecule has 3 rings (SSSR count). The second kappa shape index (κ2) is 6.35. The molecule has 110 valence electrons. The second-order valence-corrected chi connectivity index (χ2v) is 7.45. The van der Waals surface area contributed by atoms with Gasteiger partial charge in [0.15, 0.2) is 0 Å². The van der Waals surface area contributed by atoms with Crippen LogP contribution in [0.5, 0.6) is 0 Å². The number of piperidine rings is 1. The van der Waals surface area contributed by atoms with E-state index < -0.39 is 0 Å². The van der Waals surface area contributed by atoms with E-state index in [1.165, 1.54) is 37.9 Å². The van der Waals surface area contributed by atoms with Gasteiger partial charge < -0.3 is 10.2 Å². The molecule has 0 spiro atoms. The molecule has 20 heavy (non-hydrogen) atoms. The maximum atomic E-state index is 6.38. The van der Waals surface area contributed by atoms with Gasteiger partial charge in [0.25, 0.3) is 0 Å². The van der Waals surface area contributed by atoms with Gasteiger partial charge in [-0.1, -0.05) is 33.6 Å². The van der Waals surface area contributed by atoms with Crippen molar-refractivity contribution in [3.05, 3.63) is 33.3 Å². The monoisotopic (exact) mass is 356 g/mol. The summed E-state index contributed by atoms with van der Waals surface area (Å²) in [6.07, 6.45) is 5.42. The molecular weight excluding hydrogens is 336 g/mol. The Morgan fingerprint density at radius 3 is 2.90 bits per heavy atom. The Morgan fingerprint density at radius 2 is 2.30 bits per heavy atom. The highest BCUT2D eigenvalue weighted by Gasteiger charge is 2.37. The Labute approximate surface area is 135 Å². The van der Waals surface area contributed by atoms with Gasteiger partial charge in [-0.3, -0.25) is 0 Å². The lowest BCUT2D eigenvalue weighted by Crippen LogP contribution is -2.34. The minimum absolute atomic E-state index is 0.342. The Hall–Kier alpha value is -0.0900. The minimum atomic E-state index is 0.342. The summed E-state index contributed by atoms with van der Waals surface area (Å²) in [5.74, 6) is 0.976. The summed E-state index contributed by atoms with van der Waals surface area (Å²) in [5, 5.41) is 4.27. The number of nitrogens with zero attached hydrogens (tertiary/aromatic N) is 1. The van der Waals surface area contributed by atoms with Gasteiger partial charge >= 0.3 is 0 Å². The average Bonchev–Trinajstić information content (AvgIpc) is 3.03. The fourth-order valence-corrected chi connectivity index (χ4v) is 4.64. The molecule has 1 saturated carbocycles. The molecule has 1 aliphatic heterocycles. The van der Waals surface area contributed by atoms with Crippen LogP contribution in [0.25, 0.3) is 0 Å². The summed E-state index contributed by atoms with van der Waals surface area (Å²) in [5.41, 5.74) is 1.21. The summed E-state index contributed by atoms with van der Waals surface area (Å²) in [4.78, 5) is 2.69. The molecule has 0 radical (unpaired) electrons. The first-order chi connectivity index (χ1) is 9.67. The van der Waals surface area contributed by atoms with E-state index >= 15 is 0 Å². The van der Waals surface area contributed by atoms with Crippen LogP contribution in [0.15, 0.2) is 22.7 Å². The summed E-state index contributed by atoms with van der Waals surface area (Å²) >= 11 is 9.85. The number of hydrogen-bond acceptors (Lipinski definition) is 2. The van der Waals surface area contributed by atoms with Crippen molar-refractivity contribution in [3.8, 4) is 0 Å². The molecule has 1 aromatic rings. The highest BCUT2D eigenvalue weighted by Crippen LogP contribution is 2.38. The Morgan fingerprint density at radius 1 is 1.45 bits per heavy atom. The van der Waals surface area contributed by atoms with Gasteiger partial charge in [-0.2, -0.15) is 0 Å². The number of nitrogens with one attached hydrogen (secondary N) is 1. The summed E-state index contributed by atoms with van der Waals surface area (Å²) in [6, 6.07) is 7.39. The van der Waals surface area contributed by atoms with Crippen LogP contribution >= 0.6 is 27.5 Å². The smallest absolute Gasteiger partial charge is 0.0465 e. The van der Waals surface area contributed by atoms with Crippen molar-refractivity contribution in [2.45, 2.75) is 37.8 Å². The van der Waals surface area contributed by atoms with Crippen LogP contribution in [0.3, 0.4) is 0 Å². The highest BCUT2D eigenvalue weighted by atomic mass is 79.9. The first kappa shape index (κ1) is 14.8. The van der Waals surface area contributed by atoms with Crippen LogP contribution in [0.4, 0.5) is 0 Å². The van der Waals surface area contributed by atoms with Crippen molar-refractivity contribution in [2.75, 3.05) is 20.1 Å². The fraction of sp³-hybridized carbons (Fsp3) is 0.625. The number of hydrogen-bond donors (Lipinski definition) is 1. The normalized spacial score (nSPS) is 27.1. The van der Waals surface area contributed by atoms with Gasteiger partial charge in [-0.25, -0.2) is 0 Å². The van der Waals surface area contributed by atoms with Gasteiger partial charge in [0.05, 0.1) is 0 Å². The van der Waals surface area contributed by atoms with Crippen molar-refractivity contribution in [2.24, 2.45) is 5.92 Å². The molecule has 4 heteroatoms. The van der Waals surface area contributed by atoms with E-state index in [2.05, 4.69) is 38.3 Å². The van der Waals surface area contributed by atoms with E-state index in [4.69, 9.17) is 11.6 Å². The SMILES string of the molecule is CNC(CCN1CC2CCC1C2)c1ccc(Br)cc1Cl. The molecule has 3 unspecified atom stereocenters. The van der Waals surface area contributed by atoms with E-state index in [0.29, 0.717) is 6.04 Å². The maximum absolute atomic E-state index is 6.38. The highest BCUT2D eigenvalue weighted by molar-refractivity contribution is 9.10. The van der Waals surface area contributed by atoms with Gasteiger partial charge in [0, 0.05) is 34.7 Å². The lowest BCUT2D eigenvalue weighted by molar-refractivity contribution is 0.203. The lowest BCUT2D eigenvalue weighted by atomic mass is 10.0. The molecule has 2 bridgehead atoms. The molecule has 2 nitrogen and oxygen atoms in total. The van der Waals surface area contributed by atoms with Crippen LogP contribution < -0.4 is 5.32 Å². The van der Waals surface area contributed by atoms with Gasteiger partial charge in [0.1, 0.15) is 0 Å². The maximum Gasteiger partial charge on any atom is 0.0465 e. The molecule has 2 fully saturated rings. The van der Waals surface area contributed by atoms with Crippen molar-refractivity contribution < 1.29 is 0 Å². The number of rotatable bonds is 5. The molecule has 0 aromatic heterocycles. The summed E-state index contributed by atoms with van der Waals surface area (Å²) in [7, 11) is 2.03. The number of likely N-dealkylation sites (tertiary alicyclic amines) is 1. The zero-order valence-corrected chi connectivity index (χ0v) is 14.3. The summed E-state index contributed by atoms with van der Waals surface area (Å²) in [6.45, 7) is 2.49. The van der Waals surface area contributed by atoms with Crippen LogP contribution in [-0.2, 0) is 0 Å². The minimum Gasteiger partial charge on any atom is -0.313 e. The van der Waals surface area contributed by atoms with Crippen molar-refractivity contribution in [1.82, 2.24) is 10.2 Å². The average molecular weight is 358 g/mol. The van der Waals surface area contributed by atoms with Crippen LogP contribution in [0, 0.1) is 5.92 Å². The quantitative estimate of drug-likeness (QED) is 0.848. The van der Waals surface area contributed by atoms with E-state index in [9.17, 15) is 0 Å². The molecular formula is C16H22BrClN2. The number of halogens is 2. The molecule has 1 saturated heterocycles. The van der Waals surface area contributed by atoms with Crippen LogP contribution in [-0.4, -0.2) is 31.1 Å². The van der Waals surface area contributed by atoms with E-state index in [0.717, 1.165) is 27.9 Å². The molecule has 3 atom stereocenters. The third kappa shape index (κ3) is 3.06. The van der Waals surface area contributed by atoms with Crippen molar-refractivity contribution in [3.63, 3.8) is 0 Å². The lowest BCUT2D eigenvalue weighted by Gasteiger charge is -2.29. The zero-order valence-electron chi connectivity index (χ0n) is 11.9. The predicted octanol–water partition coefficient (Wildman–Crippen LogP) is 4.24. The first-order valence-electron chi connectivity index (χ1n) is 7.53. The van der Waals surface area contributed by atoms with E-state index in [-0.39, 0.29) is 0 Å². The molecule has 1 heterocycles. The Balaban J connectivity index is 1.62. The van der Waals surface area contributed by atoms with Crippen LogP contribution in [0.1, 0.15) is 37.3 Å². The Bertz CT molecular complexity index is 480. The molecule has 1 aromatic carbocycles. The third-order valence-corrected chi connectivity index (χ3v) is 5.73. The van der Waals surface area contributed by atoms with Crippen molar-refractivity contribution in [1.29, 1.82) is 0 Å². The Kier molecular flexibility index (Phi) is 4.71. The van der Waals surface area contributed by atoms with Crippen molar-refractivity contribution >= 4 is 27.5 Å². The first-order valence-corrected chi connectivity index (χ1v) is 8.70. The largest absolute Gasteiger partial charge is 0.313 e. The predicted molar refractivity (Wildman–Crippen MR) is 88.3 cm³/mol. The second-order valence-electron chi connectivity index (χ2n) is 6.12. The van der Waals surface area contributed by atoms with Crippen LogP contribution in [0.2, 0.25) is 5.02 Å². The topological polar surface area (TPSA) is 15.3 Å². The zero-order chi connectivity index (χ0) is 14.1. The molecule has 1 aliphatic carbocycles. The number of fused-ring (bicyclic) bond motifs is 2. The standard InChI is InChI=1S/C16H22BrClN2/c1-19-16(14-5-3-12(17)9-15(14)18)6-7-20-10-11-2-4-13(20)8-11/h3,5,9,11,13,16,19H,2,4,6-8,10H2,1H3. The van der Waals surface area contributed by atoms with E-state index in [1.54, 1.807) is 0 Å². The molecule has 1 N–H and O–H groups in total. The molecule has 2 aliphatic rings. The molecule has 0 amide bonds. The number of benzene rings is 1. The van der Waals surface area contributed by atoms with Gasteiger partial charge in [-0.15, -0.1) is 0 Å². The van der Waals surface area contributed by atoms with E-state index in [1.807, 2.05) is 13.1 Å². The fourth-order valence-electron chi connectivity index (χ4n) is 3.83. The van der Waals surface area contributed by atoms with Gasteiger partial charge in [0.2, 0.25) is 0 Å².